The number of allylic oxidation sites excluding steroid dienone is 1. The fourth-order valence-electron chi connectivity index (χ4n) is 0.574. The summed E-state index contributed by atoms with van der Waals surface area (Å²) in [6.45, 7) is 3.92. The number of amides is 1. The molecule has 0 radical (unpaired) electrons. The van der Waals surface area contributed by atoms with Crippen molar-refractivity contribution in [3.63, 3.8) is 0 Å². The third-order valence-corrected chi connectivity index (χ3v) is 1.17. The van der Waals surface area contributed by atoms with E-state index < -0.39 is 0 Å². The van der Waals surface area contributed by atoms with Crippen LogP contribution < -0.4 is 0 Å². The van der Waals surface area contributed by atoms with E-state index in [4.69, 9.17) is 5.11 Å². The van der Waals surface area contributed by atoms with E-state index >= 15 is 0 Å². The summed E-state index contributed by atoms with van der Waals surface area (Å²) in [6.07, 6.45) is 3.08. The van der Waals surface area contributed by atoms with Gasteiger partial charge in [0.2, 0.25) is 5.91 Å². The lowest BCUT2D eigenvalue weighted by Crippen LogP contribution is -2.29. The Morgan fingerprint density at radius 2 is 2.30 bits per heavy atom. The van der Waals surface area contributed by atoms with Gasteiger partial charge in [0, 0.05) is 6.54 Å². The van der Waals surface area contributed by atoms with Crippen LogP contribution in [0, 0.1) is 0 Å². The highest BCUT2D eigenvalue weighted by Gasteiger charge is 2.03. The zero-order chi connectivity index (χ0) is 7.98. The van der Waals surface area contributed by atoms with Crippen LogP contribution in [0.5, 0.6) is 0 Å². The Hall–Kier alpha value is -0.830. The summed E-state index contributed by atoms with van der Waals surface area (Å²) in [4.78, 5) is 12.2. The summed E-state index contributed by atoms with van der Waals surface area (Å²) >= 11 is 0. The second-order valence-electron chi connectivity index (χ2n) is 1.84. The van der Waals surface area contributed by atoms with Crippen molar-refractivity contribution >= 4 is 5.91 Å². The molecular weight excluding hydrogens is 130 g/mol. The smallest absolute Gasteiger partial charge is 0.248 e. The number of nitrogens with zero attached hydrogens (tertiary/aromatic N) is 1. The zero-order valence-corrected chi connectivity index (χ0v) is 6.37. The normalized spacial score (nSPS) is 10.3. The maximum atomic E-state index is 10.9. The van der Waals surface area contributed by atoms with Gasteiger partial charge in [-0.3, -0.25) is 4.79 Å². The number of aliphatic hydroxyl groups excluding tert-OH is 1. The molecule has 0 bridgehead atoms. The van der Waals surface area contributed by atoms with Crippen LogP contribution in [0.25, 0.3) is 0 Å². The molecule has 3 nitrogen and oxygen atoms in total. The number of aliphatic hydroxyl groups is 1. The molecule has 0 aliphatic heterocycles. The molecule has 0 atom stereocenters. The molecule has 0 aromatic heterocycles. The standard InChI is InChI=1S/C7H13NO2/c1-3-5-7(10)8(4-2)6-9/h3,5,9H,4,6H2,1-2H3/b5-3-. The molecule has 1 amide bonds. The molecule has 0 aromatic rings. The Morgan fingerprint density at radius 1 is 1.70 bits per heavy atom. The van der Waals surface area contributed by atoms with Crippen LogP contribution in [0.1, 0.15) is 13.8 Å². The third kappa shape index (κ3) is 2.64. The molecule has 0 unspecified atom stereocenters. The van der Waals surface area contributed by atoms with Crippen molar-refractivity contribution in [1.29, 1.82) is 0 Å². The second-order valence-corrected chi connectivity index (χ2v) is 1.84. The number of carbonyl (C=O) groups excluding carboxylic acids is 1. The Morgan fingerprint density at radius 3 is 2.60 bits per heavy atom. The van der Waals surface area contributed by atoms with Crippen molar-refractivity contribution in [2.75, 3.05) is 13.3 Å². The van der Waals surface area contributed by atoms with Gasteiger partial charge in [-0.15, -0.1) is 0 Å². The Balaban J connectivity index is 3.89. The minimum atomic E-state index is -0.209. The summed E-state index contributed by atoms with van der Waals surface area (Å²) in [5, 5.41) is 8.59. The Bertz CT molecular complexity index is 128. The lowest BCUT2D eigenvalue weighted by molar-refractivity contribution is -0.129. The fraction of sp³-hybridized carbons (Fsp3) is 0.571. The van der Waals surface area contributed by atoms with Crippen LogP contribution >= 0.6 is 0 Å². The second kappa shape index (κ2) is 4.99. The zero-order valence-electron chi connectivity index (χ0n) is 6.37. The van der Waals surface area contributed by atoms with Crippen molar-refractivity contribution in [2.24, 2.45) is 0 Å². The van der Waals surface area contributed by atoms with Gasteiger partial charge in [0.15, 0.2) is 0 Å². The van der Waals surface area contributed by atoms with Crippen LogP contribution in [0.3, 0.4) is 0 Å². The summed E-state index contributed by atoms with van der Waals surface area (Å²) in [5.74, 6) is -0.146. The average Bonchev–Trinajstić information content (AvgIpc) is 1.91. The molecular formula is C7H13NO2. The van der Waals surface area contributed by atoms with Gasteiger partial charge in [-0.1, -0.05) is 6.08 Å². The molecule has 0 aliphatic carbocycles. The first-order valence-electron chi connectivity index (χ1n) is 3.28. The van der Waals surface area contributed by atoms with E-state index in [1.54, 1.807) is 13.0 Å². The van der Waals surface area contributed by atoms with Gasteiger partial charge in [0.25, 0.3) is 0 Å². The molecule has 10 heavy (non-hydrogen) atoms. The van der Waals surface area contributed by atoms with Gasteiger partial charge in [-0.25, -0.2) is 0 Å². The fourth-order valence-corrected chi connectivity index (χ4v) is 0.574. The Kier molecular flexibility index (Phi) is 4.58. The predicted molar refractivity (Wildman–Crippen MR) is 39.3 cm³/mol. The van der Waals surface area contributed by atoms with E-state index in [2.05, 4.69) is 0 Å². The molecule has 0 rings (SSSR count). The van der Waals surface area contributed by atoms with Crippen molar-refractivity contribution in [1.82, 2.24) is 4.90 Å². The first kappa shape index (κ1) is 9.17. The number of hydrogen-bond donors (Lipinski definition) is 1. The molecule has 0 fully saturated rings. The third-order valence-electron chi connectivity index (χ3n) is 1.17. The molecule has 0 saturated heterocycles. The van der Waals surface area contributed by atoms with E-state index in [0.717, 1.165) is 0 Å². The van der Waals surface area contributed by atoms with Crippen LogP contribution in [0.4, 0.5) is 0 Å². The summed E-state index contributed by atoms with van der Waals surface area (Å²) in [5.41, 5.74) is 0. The van der Waals surface area contributed by atoms with Gasteiger partial charge in [0.05, 0.1) is 0 Å². The van der Waals surface area contributed by atoms with Crippen molar-refractivity contribution < 1.29 is 9.90 Å². The Labute approximate surface area is 61.0 Å². The quantitative estimate of drug-likeness (QED) is 0.458. The van der Waals surface area contributed by atoms with E-state index in [-0.39, 0.29) is 12.6 Å². The molecule has 1 N–H and O–H groups in total. The van der Waals surface area contributed by atoms with Crippen LogP contribution in [-0.2, 0) is 4.79 Å². The number of carbonyl (C=O) groups is 1. The highest BCUT2D eigenvalue weighted by atomic mass is 16.3. The van der Waals surface area contributed by atoms with Gasteiger partial charge in [0.1, 0.15) is 6.73 Å². The van der Waals surface area contributed by atoms with E-state index in [1.165, 1.54) is 11.0 Å². The predicted octanol–water partition coefficient (Wildman–Crippen LogP) is 0.361. The number of likely N-dealkylation sites (N-methyl/N-ethyl adjacent to an activating group) is 1. The minimum Gasteiger partial charge on any atom is -0.376 e. The number of hydrogen-bond acceptors (Lipinski definition) is 2. The van der Waals surface area contributed by atoms with Crippen LogP contribution in [0.15, 0.2) is 12.2 Å². The van der Waals surface area contributed by atoms with Crippen LogP contribution in [0.2, 0.25) is 0 Å². The number of rotatable bonds is 3. The van der Waals surface area contributed by atoms with Crippen molar-refractivity contribution in [3.8, 4) is 0 Å². The topological polar surface area (TPSA) is 40.5 Å². The molecule has 0 spiro atoms. The van der Waals surface area contributed by atoms with E-state index in [1.807, 2.05) is 6.92 Å². The van der Waals surface area contributed by atoms with Crippen molar-refractivity contribution in [3.05, 3.63) is 12.2 Å². The largest absolute Gasteiger partial charge is 0.376 e. The van der Waals surface area contributed by atoms with Crippen molar-refractivity contribution in [2.45, 2.75) is 13.8 Å². The highest BCUT2D eigenvalue weighted by molar-refractivity contribution is 5.87. The summed E-state index contributed by atoms with van der Waals surface area (Å²) < 4.78 is 0. The lowest BCUT2D eigenvalue weighted by atomic mass is 10.4. The monoisotopic (exact) mass is 143 g/mol. The first-order chi connectivity index (χ1) is 4.76. The van der Waals surface area contributed by atoms with Gasteiger partial charge < -0.3 is 10.0 Å². The van der Waals surface area contributed by atoms with Crippen LogP contribution in [-0.4, -0.2) is 29.2 Å². The summed E-state index contributed by atoms with van der Waals surface area (Å²) in [7, 11) is 0. The highest BCUT2D eigenvalue weighted by Crippen LogP contribution is 1.87. The SMILES string of the molecule is C/C=C\C(=O)N(CC)CO. The van der Waals surface area contributed by atoms with Gasteiger partial charge in [-0.05, 0) is 19.9 Å². The molecule has 3 heteroatoms. The molecule has 0 heterocycles. The maximum Gasteiger partial charge on any atom is 0.248 e. The molecule has 0 saturated carbocycles. The van der Waals surface area contributed by atoms with Gasteiger partial charge >= 0.3 is 0 Å². The van der Waals surface area contributed by atoms with E-state index in [0.29, 0.717) is 6.54 Å². The lowest BCUT2D eigenvalue weighted by Gasteiger charge is -2.14. The maximum absolute atomic E-state index is 10.9. The van der Waals surface area contributed by atoms with E-state index in [9.17, 15) is 4.79 Å². The average molecular weight is 143 g/mol. The first-order valence-corrected chi connectivity index (χ1v) is 3.28. The molecule has 0 aliphatic rings. The minimum absolute atomic E-state index is 0.146. The molecule has 58 valence electrons. The molecule has 0 aromatic carbocycles. The summed E-state index contributed by atoms with van der Waals surface area (Å²) in [6, 6.07) is 0. The van der Waals surface area contributed by atoms with Gasteiger partial charge in [-0.2, -0.15) is 0 Å².